The average molecular weight is 310 g/mol. The van der Waals surface area contributed by atoms with E-state index in [9.17, 15) is 0 Å². The van der Waals surface area contributed by atoms with Crippen LogP contribution >= 0.6 is 0 Å². The quantitative estimate of drug-likeness (QED) is 0.880. The number of aryl methyl sites for hydroxylation is 1. The van der Waals surface area contributed by atoms with Crippen LogP contribution < -0.4 is 10.1 Å². The Morgan fingerprint density at radius 1 is 0.870 bits per heavy atom. The van der Waals surface area contributed by atoms with Crippen molar-refractivity contribution in [3.05, 3.63) is 60.2 Å². The zero-order valence-electron chi connectivity index (χ0n) is 13.7. The minimum Gasteiger partial charge on any atom is -0.457 e. The molecule has 0 saturated carbocycles. The Labute approximate surface area is 139 Å². The summed E-state index contributed by atoms with van der Waals surface area (Å²) < 4.78 is 5.83. The molecule has 1 fully saturated rings. The van der Waals surface area contributed by atoms with Gasteiger partial charge in [0.15, 0.2) is 0 Å². The fraction of sp³-hybridized carbons (Fsp3) is 0.400. The van der Waals surface area contributed by atoms with Crippen LogP contribution in [0.3, 0.4) is 0 Å². The molecule has 1 heterocycles. The largest absolute Gasteiger partial charge is 0.457 e. The zero-order chi connectivity index (χ0) is 15.7. The number of para-hydroxylation sites is 1. The molecule has 1 saturated heterocycles. The summed E-state index contributed by atoms with van der Waals surface area (Å²) in [6.45, 7) is 5.91. The van der Waals surface area contributed by atoms with Gasteiger partial charge in [0, 0.05) is 13.1 Å². The van der Waals surface area contributed by atoms with E-state index in [0.29, 0.717) is 0 Å². The first kappa shape index (κ1) is 16.0. The van der Waals surface area contributed by atoms with E-state index >= 15 is 0 Å². The minimum absolute atomic E-state index is 0.884. The highest BCUT2D eigenvalue weighted by Crippen LogP contribution is 2.21. The van der Waals surface area contributed by atoms with Crippen LogP contribution in [-0.2, 0) is 6.42 Å². The van der Waals surface area contributed by atoms with Gasteiger partial charge >= 0.3 is 0 Å². The maximum Gasteiger partial charge on any atom is 0.127 e. The predicted octanol–water partition coefficient (Wildman–Crippen LogP) is 3.71. The van der Waals surface area contributed by atoms with E-state index in [4.69, 9.17) is 4.74 Å². The van der Waals surface area contributed by atoms with Gasteiger partial charge in [0.25, 0.3) is 0 Å². The van der Waals surface area contributed by atoms with Gasteiger partial charge in [-0.15, -0.1) is 0 Å². The molecule has 2 aromatic carbocycles. The van der Waals surface area contributed by atoms with Gasteiger partial charge in [-0.05, 0) is 68.7 Å². The standard InChI is InChI=1S/C20H26N2O/c1-2-7-19(8-3-1)23-20-11-9-18(10-12-20)6-4-15-22-16-5-13-21-14-17-22/h1-3,7-12,21H,4-6,13-17H2. The third-order valence-corrected chi connectivity index (χ3v) is 4.27. The molecule has 0 aromatic heterocycles. The van der Waals surface area contributed by atoms with E-state index < -0.39 is 0 Å². The van der Waals surface area contributed by atoms with Crippen molar-refractivity contribution in [2.24, 2.45) is 0 Å². The van der Waals surface area contributed by atoms with Gasteiger partial charge in [-0.25, -0.2) is 0 Å². The van der Waals surface area contributed by atoms with Gasteiger partial charge in [0.05, 0.1) is 0 Å². The number of ether oxygens (including phenoxy) is 1. The Morgan fingerprint density at radius 2 is 1.65 bits per heavy atom. The lowest BCUT2D eigenvalue weighted by molar-refractivity contribution is 0.289. The van der Waals surface area contributed by atoms with Gasteiger partial charge in [0.1, 0.15) is 11.5 Å². The molecule has 3 nitrogen and oxygen atoms in total. The number of benzene rings is 2. The summed E-state index contributed by atoms with van der Waals surface area (Å²) in [4.78, 5) is 2.58. The summed E-state index contributed by atoms with van der Waals surface area (Å²) in [5.41, 5.74) is 1.39. The molecule has 122 valence electrons. The molecular formula is C20H26N2O. The van der Waals surface area contributed by atoms with E-state index in [0.717, 1.165) is 24.5 Å². The Kier molecular flexibility index (Phi) is 6.07. The van der Waals surface area contributed by atoms with Gasteiger partial charge in [0.2, 0.25) is 0 Å². The molecule has 1 aliphatic rings. The van der Waals surface area contributed by atoms with Gasteiger partial charge < -0.3 is 15.0 Å². The molecule has 0 amide bonds. The molecule has 0 bridgehead atoms. The SMILES string of the molecule is c1ccc(Oc2ccc(CCCN3CCCNCC3)cc2)cc1. The predicted molar refractivity (Wildman–Crippen MR) is 95.2 cm³/mol. The molecule has 3 rings (SSSR count). The lowest BCUT2D eigenvalue weighted by Crippen LogP contribution is -2.29. The fourth-order valence-electron chi connectivity index (χ4n) is 2.98. The van der Waals surface area contributed by atoms with Gasteiger partial charge in [-0.3, -0.25) is 0 Å². The Hall–Kier alpha value is -1.84. The molecular weight excluding hydrogens is 284 g/mol. The van der Waals surface area contributed by atoms with Crippen LogP contribution in [0.2, 0.25) is 0 Å². The Balaban J connectivity index is 1.44. The van der Waals surface area contributed by atoms with Crippen molar-refractivity contribution in [1.29, 1.82) is 0 Å². The molecule has 2 aromatic rings. The van der Waals surface area contributed by atoms with E-state index in [-0.39, 0.29) is 0 Å². The Morgan fingerprint density at radius 3 is 2.48 bits per heavy atom. The highest BCUT2D eigenvalue weighted by atomic mass is 16.5. The third-order valence-electron chi connectivity index (χ3n) is 4.27. The lowest BCUT2D eigenvalue weighted by atomic mass is 10.1. The Bertz CT molecular complexity index is 560. The van der Waals surface area contributed by atoms with Crippen LogP contribution in [0.4, 0.5) is 0 Å². The third kappa shape index (κ3) is 5.38. The number of hydrogen-bond acceptors (Lipinski definition) is 3. The van der Waals surface area contributed by atoms with Crippen molar-refractivity contribution in [1.82, 2.24) is 10.2 Å². The maximum absolute atomic E-state index is 5.83. The van der Waals surface area contributed by atoms with Crippen LogP contribution in [0, 0.1) is 0 Å². The molecule has 0 atom stereocenters. The second-order valence-corrected chi connectivity index (χ2v) is 6.11. The molecule has 0 unspecified atom stereocenters. The van der Waals surface area contributed by atoms with Crippen molar-refractivity contribution in [2.45, 2.75) is 19.3 Å². The van der Waals surface area contributed by atoms with Crippen LogP contribution in [0.1, 0.15) is 18.4 Å². The molecule has 0 spiro atoms. The van der Waals surface area contributed by atoms with Crippen LogP contribution in [0.5, 0.6) is 11.5 Å². The summed E-state index contributed by atoms with van der Waals surface area (Å²) in [7, 11) is 0. The summed E-state index contributed by atoms with van der Waals surface area (Å²) in [5, 5.41) is 3.46. The summed E-state index contributed by atoms with van der Waals surface area (Å²) in [6.07, 6.45) is 3.62. The van der Waals surface area contributed by atoms with Gasteiger partial charge in [-0.1, -0.05) is 30.3 Å². The molecule has 1 N–H and O–H groups in total. The molecule has 23 heavy (non-hydrogen) atoms. The molecule has 1 aliphatic heterocycles. The zero-order valence-corrected chi connectivity index (χ0v) is 13.7. The van der Waals surface area contributed by atoms with E-state index in [2.05, 4.69) is 34.5 Å². The van der Waals surface area contributed by atoms with Gasteiger partial charge in [-0.2, -0.15) is 0 Å². The first-order valence-electron chi connectivity index (χ1n) is 8.65. The molecule has 0 aliphatic carbocycles. The van der Waals surface area contributed by atoms with E-state index in [1.165, 1.54) is 44.6 Å². The summed E-state index contributed by atoms with van der Waals surface area (Å²) >= 11 is 0. The van der Waals surface area contributed by atoms with Crippen molar-refractivity contribution >= 4 is 0 Å². The lowest BCUT2D eigenvalue weighted by Gasteiger charge is -2.19. The summed E-state index contributed by atoms with van der Waals surface area (Å²) in [6, 6.07) is 18.4. The molecule has 3 heteroatoms. The fourth-order valence-corrected chi connectivity index (χ4v) is 2.98. The maximum atomic E-state index is 5.83. The average Bonchev–Trinajstić information content (AvgIpc) is 2.86. The monoisotopic (exact) mass is 310 g/mol. The number of rotatable bonds is 6. The smallest absolute Gasteiger partial charge is 0.127 e. The first-order valence-corrected chi connectivity index (χ1v) is 8.65. The molecule has 0 radical (unpaired) electrons. The highest BCUT2D eigenvalue weighted by Gasteiger charge is 2.07. The summed E-state index contributed by atoms with van der Waals surface area (Å²) in [5.74, 6) is 1.79. The van der Waals surface area contributed by atoms with Crippen molar-refractivity contribution in [2.75, 3.05) is 32.7 Å². The van der Waals surface area contributed by atoms with E-state index in [1.54, 1.807) is 0 Å². The van der Waals surface area contributed by atoms with Crippen LogP contribution in [0.25, 0.3) is 0 Å². The van der Waals surface area contributed by atoms with E-state index in [1.807, 2.05) is 30.3 Å². The minimum atomic E-state index is 0.884. The topological polar surface area (TPSA) is 24.5 Å². The van der Waals surface area contributed by atoms with Crippen LogP contribution in [0.15, 0.2) is 54.6 Å². The number of nitrogens with zero attached hydrogens (tertiary/aromatic N) is 1. The second-order valence-electron chi connectivity index (χ2n) is 6.11. The number of hydrogen-bond donors (Lipinski definition) is 1. The highest BCUT2D eigenvalue weighted by molar-refractivity contribution is 5.32. The number of nitrogens with one attached hydrogen (secondary N) is 1. The first-order chi connectivity index (χ1) is 11.4. The van der Waals surface area contributed by atoms with Crippen molar-refractivity contribution in [3.63, 3.8) is 0 Å². The van der Waals surface area contributed by atoms with Crippen LogP contribution in [-0.4, -0.2) is 37.6 Å². The second kappa shape index (κ2) is 8.70. The normalized spacial score (nSPS) is 16.0. The van der Waals surface area contributed by atoms with Crippen molar-refractivity contribution < 1.29 is 4.74 Å². The van der Waals surface area contributed by atoms with Crippen molar-refractivity contribution in [3.8, 4) is 11.5 Å².